The van der Waals surface area contributed by atoms with Crippen molar-refractivity contribution in [2.45, 2.75) is 77.3 Å². The van der Waals surface area contributed by atoms with Crippen molar-refractivity contribution in [1.82, 2.24) is 9.78 Å². The zero-order valence-electron chi connectivity index (χ0n) is 22.2. The zero-order valence-corrected chi connectivity index (χ0v) is 22.2. The van der Waals surface area contributed by atoms with E-state index < -0.39 is 0 Å². The fraction of sp³-hybridized carbons (Fsp3) is 0.467. The lowest BCUT2D eigenvalue weighted by Gasteiger charge is -2.38. The molecule has 1 unspecified atom stereocenters. The molecule has 36 heavy (non-hydrogen) atoms. The molecule has 2 heterocycles. The monoisotopic (exact) mass is 489 g/mol. The highest BCUT2D eigenvalue weighted by atomic mass is 16.5. The van der Waals surface area contributed by atoms with E-state index in [-0.39, 0.29) is 36.0 Å². The van der Waals surface area contributed by atoms with Gasteiger partial charge in [-0.25, -0.2) is 4.68 Å². The lowest BCUT2D eigenvalue weighted by atomic mass is 9.71. The van der Waals surface area contributed by atoms with Gasteiger partial charge in [-0.15, -0.1) is 5.10 Å². The third kappa shape index (κ3) is 4.92. The van der Waals surface area contributed by atoms with Gasteiger partial charge in [0, 0.05) is 11.8 Å². The summed E-state index contributed by atoms with van der Waals surface area (Å²) in [5.41, 5.74) is 3.42. The van der Waals surface area contributed by atoms with Crippen molar-refractivity contribution in [2.75, 3.05) is 18.5 Å². The molecule has 3 aromatic rings. The van der Waals surface area contributed by atoms with Gasteiger partial charge in [0.25, 0.3) is 0 Å². The largest absolute Gasteiger partial charge is 0.474 e. The van der Waals surface area contributed by atoms with Gasteiger partial charge < -0.3 is 15.2 Å². The summed E-state index contributed by atoms with van der Waals surface area (Å²) in [4.78, 5) is 14.2. The molecule has 1 atom stereocenters. The maximum atomic E-state index is 14.2. The average Bonchev–Trinajstić information content (AvgIpc) is 3.26. The first-order valence-corrected chi connectivity index (χ1v) is 13.0. The van der Waals surface area contributed by atoms with Crippen LogP contribution in [0.4, 0.5) is 5.82 Å². The van der Waals surface area contributed by atoms with Crippen molar-refractivity contribution in [3.05, 3.63) is 76.9 Å². The number of hydrogen-bond donors (Lipinski definition) is 2. The number of fused-ring (bicyclic) bond motifs is 1. The van der Waals surface area contributed by atoms with Gasteiger partial charge in [-0.1, -0.05) is 74.0 Å². The first kappa shape index (κ1) is 26.0. The standard InChI is InChI=1S/C30H39N3O3/c1-6-30(7-2,23-15-13-21(3)14-16-23)20-25(35)26-27-31-24(22-11-9-8-10-12-22)19-29(4,5)33(27)32-28(26)36-18-17-34/h8-16,24,31,34H,6-7,17-20H2,1-5H3. The molecule has 6 nitrogen and oxygen atoms in total. The SMILES string of the molecule is CCC(CC)(CC(=O)c1c(OCCO)nn2c1NC(c1ccccc1)CC2(C)C)c1ccc(C)cc1. The van der Waals surface area contributed by atoms with Crippen LogP contribution in [0, 0.1) is 6.92 Å². The summed E-state index contributed by atoms with van der Waals surface area (Å²) in [5, 5.41) is 17.8. The molecule has 0 saturated carbocycles. The molecular formula is C30H39N3O3. The Bertz CT molecular complexity index is 1180. The Balaban J connectivity index is 1.77. The molecule has 192 valence electrons. The van der Waals surface area contributed by atoms with Crippen molar-refractivity contribution in [1.29, 1.82) is 0 Å². The number of carbonyl (C=O) groups is 1. The van der Waals surface area contributed by atoms with E-state index in [2.05, 4.69) is 76.3 Å². The van der Waals surface area contributed by atoms with Gasteiger partial charge in [-0.05, 0) is 51.2 Å². The van der Waals surface area contributed by atoms with Crippen molar-refractivity contribution >= 4 is 11.6 Å². The molecule has 0 amide bonds. The fourth-order valence-corrected chi connectivity index (χ4v) is 5.47. The van der Waals surface area contributed by atoms with Gasteiger partial charge in [0.05, 0.1) is 18.2 Å². The van der Waals surface area contributed by atoms with Gasteiger partial charge in [0.1, 0.15) is 18.0 Å². The highest BCUT2D eigenvalue weighted by molar-refractivity contribution is 6.03. The molecule has 0 radical (unpaired) electrons. The van der Waals surface area contributed by atoms with E-state index in [4.69, 9.17) is 9.84 Å². The third-order valence-electron chi connectivity index (χ3n) is 7.77. The molecule has 2 N–H and O–H groups in total. The van der Waals surface area contributed by atoms with Gasteiger partial charge in [0.15, 0.2) is 5.78 Å². The van der Waals surface area contributed by atoms with Crippen LogP contribution in [-0.4, -0.2) is 33.9 Å². The smallest absolute Gasteiger partial charge is 0.246 e. The number of anilines is 1. The number of aliphatic hydroxyl groups is 1. The number of nitrogens with one attached hydrogen (secondary N) is 1. The van der Waals surface area contributed by atoms with Crippen molar-refractivity contribution in [3.63, 3.8) is 0 Å². The van der Waals surface area contributed by atoms with E-state index in [1.165, 1.54) is 16.7 Å². The normalized spacial score (nSPS) is 16.8. The van der Waals surface area contributed by atoms with Gasteiger partial charge in [-0.2, -0.15) is 0 Å². The van der Waals surface area contributed by atoms with Crippen LogP contribution in [-0.2, 0) is 11.0 Å². The van der Waals surface area contributed by atoms with E-state index >= 15 is 0 Å². The minimum atomic E-state index is -0.333. The number of ether oxygens (including phenoxy) is 1. The van der Waals surface area contributed by atoms with Gasteiger partial charge in [-0.3, -0.25) is 4.79 Å². The summed E-state index contributed by atoms with van der Waals surface area (Å²) in [6.07, 6.45) is 2.87. The predicted molar refractivity (Wildman–Crippen MR) is 144 cm³/mol. The summed E-state index contributed by atoms with van der Waals surface area (Å²) < 4.78 is 7.76. The number of benzene rings is 2. The predicted octanol–water partition coefficient (Wildman–Crippen LogP) is 6.19. The summed E-state index contributed by atoms with van der Waals surface area (Å²) in [5.74, 6) is 0.997. The van der Waals surface area contributed by atoms with Crippen LogP contribution < -0.4 is 10.1 Å². The van der Waals surface area contributed by atoms with Crippen LogP contribution in [0.5, 0.6) is 5.88 Å². The maximum absolute atomic E-state index is 14.2. The second-order valence-corrected chi connectivity index (χ2v) is 10.6. The molecule has 0 bridgehead atoms. The van der Waals surface area contributed by atoms with Crippen molar-refractivity contribution < 1.29 is 14.6 Å². The highest BCUT2D eigenvalue weighted by Gasteiger charge is 2.41. The summed E-state index contributed by atoms with van der Waals surface area (Å²) in [6.45, 7) is 10.6. The quantitative estimate of drug-likeness (QED) is 0.332. The lowest BCUT2D eigenvalue weighted by molar-refractivity contribution is 0.0939. The number of aliphatic hydroxyl groups excluding tert-OH is 1. The Hall–Kier alpha value is -3.12. The van der Waals surface area contributed by atoms with Crippen LogP contribution in [0.25, 0.3) is 0 Å². The molecule has 0 fully saturated rings. The fourth-order valence-electron chi connectivity index (χ4n) is 5.47. The lowest BCUT2D eigenvalue weighted by Crippen LogP contribution is -2.38. The van der Waals surface area contributed by atoms with Crippen LogP contribution in [0.3, 0.4) is 0 Å². The van der Waals surface area contributed by atoms with E-state index in [1.54, 1.807) is 0 Å². The van der Waals surface area contributed by atoms with E-state index in [1.807, 2.05) is 22.9 Å². The van der Waals surface area contributed by atoms with Crippen molar-refractivity contribution in [3.8, 4) is 5.88 Å². The molecule has 1 aliphatic heterocycles. The molecule has 0 aliphatic carbocycles. The van der Waals surface area contributed by atoms with Crippen LogP contribution in [0.15, 0.2) is 54.6 Å². The molecule has 4 rings (SSSR count). The Morgan fingerprint density at radius 2 is 1.81 bits per heavy atom. The first-order chi connectivity index (χ1) is 17.2. The summed E-state index contributed by atoms with van der Waals surface area (Å²) in [7, 11) is 0. The Morgan fingerprint density at radius 1 is 1.14 bits per heavy atom. The second kappa shape index (κ2) is 10.5. The van der Waals surface area contributed by atoms with Crippen molar-refractivity contribution in [2.24, 2.45) is 0 Å². The number of carbonyl (C=O) groups excluding carboxylic acids is 1. The Morgan fingerprint density at radius 3 is 2.42 bits per heavy atom. The highest BCUT2D eigenvalue weighted by Crippen LogP contribution is 2.45. The van der Waals surface area contributed by atoms with Crippen LogP contribution in [0.1, 0.15) is 86.5 Å². The van der Waals surface area contributed by atoms with Gasteiger partial charge in [0.2, 0.25) is 5.88 Å². The van der Waals surface area contributed by atoms with Crippen LogP contribution >= 0.6 is 0 Å². The molecule has 0 spiro atoms. The number of ketones is 1. The van der Waals surface area contributed by atoms with E-state index in [0.29, 0.717) is 23.7 Å². The number of rotatable bonds is 10. The zero-order chi connectivity index (χ0) is 25.9. The van der Waals surface area contributed by atoms with E-state index in [0.717, 1.165) is 19.3 Å². The molecule has 1 aliphatic rings. The number of nitrogens with zero attached hydrogens (tertiary/aromatic N) is 2. The molecular weight excluding hydrogens is 450 g/mol. The minimum Gasteiger partial charge on any atom is -0.474 e. The Kier molecular flexibility index (Phi) is 7.55. The maximum Gasteiger partial charge on any atom is 0.246 e. The molecule has 0 saturated heterocycles. The molecule has 6 heteroatoms. The average molecular weight is 490 g/mol. The Labute approximate surface area is 214 Å². The van der Waals surface area contributed by atoms with Gasteiger partial charge >= 0.3 is 0 Å². The molecule has 2 aromatic carbocycles. The van der Waals surface area contributed by atoms with E-state index in [9.17, 15) is 9.90 Å². The summed E-state index contributed by atoms with van der Waals surface area (Å²) >= 11 is 0. The number of aryl methyl sites for hydroxylation is 1. The first-order valence-electron chi connectivity index (χ1n) is 13.0. The number of Topliss-reactive ketones (excluding diaryl/α,β-unsaturated/α-hetero) is 1. The second-order valence-electron chi connectivity index (χ2n) is 10.6. The topological polar surface area (TPSA) is 76.4 Å². The number of hydrogen-bond acceptors (Lipinski definition) is 5. The molecule has 1 aromatic heterocycles. The number of aromatic nitrogens is 2. The minimum absolute atomic E-state index is 0.00507. The third-order valence-corrected chi connectivity index (χ3v) is 7.77. The summed E-state index contributed by atoms with van der Waals surface area (Å²) in [6, 6.07) is 18.9. The van der Waals surface area contributed by atoms with Crippen LogP contribution in [0.2, 0.25) is 0 Å².